The molecule has 1 amide bonds. The van der Waals surface area contributed by atoms with E-state index in [0.717, 1.165) is 43.9 Å². The molecule has 0 aliphatic carbocycles. The lowest BCUT2D eigenvalue weighted by molar-refractivity contribution is -0.119. The van der Waals surface area contributed by atoms with E-state index in [2.05, 4.69) is 32.4 Å². The number of aromatic nitrogens is 2. The maximum absolute atomic E-state index is 11.1. The Morgan fingerprint density at radius 2 is 2.35 bits per heavy atom. The molecule has 20 heavy (non-hydrogen) atoms. The van der Waals surface area contributed by atoms with Crippen LogP contribution in [0, 0.1) is 6.92 Å². The zero-order valence-corrected chi connectivity index (χ0v) is 12.4. The predicted octanol–water partition coefficient (Wildman–Crippen LogP) is 1.32. The lowest BCUT2D eigenvalue weighted by Gasteiger charge is -2.20. The number of rotatable bonds is 5. The molecule has 1 aromatic rings. The average Bonchev–Trinajstić information content (AvgIpc) is 2.85. The highest BCUT2D eigenvalue weighted by molar-refractivity contribution is 5.73. The van der Waals surface area contributed by atoms with Crippen LogP contribution in [-0.4, -0.2) is 41.6 Å². The number of aryl methyl sites for hydroxylation is 1. The number of amides is 1. The molecule has 2 heterocycles. The van der Waals surface area contributed by atoms with E-state index in [-0.39, 0.29) is 11.9 Å². The van der Waals surface area contributed by atoms with Crippen molar-refractivity contribution < 1.29 is 4.79 Å². The molecule has 6 heteroatoms. The monoisotopic (exact) mass is 277 g/mol. The molecular formula is C14H23N5O. The van der Waals surface area contributed by atoms with E-state index in [0.29, 0.717) is 5.95 Å². The lowest BCUT2D eigenvalue weighted by Crippen LogP contribution is -2.35. The second-order valence-electron chi connectivity index (χ2n) is 5.26. The molecule has 110 valence electrons. The van der Waals surface area contributed by atoms with E-state index in [1.54, 1.807) is 6.92 Å². The third kappa shape index (κ3) is 3.59. The average molecular weight is 277 g/mol. The van der Waals surface area contributed by atoms with Gasteiger partial charge in [0, 0.05) is 44.4 Å². The van der Waals surface area contributed by atoms with Gasteiger partial charge >= 0.3 is 0 Å². The SMILES string of the molecule is CCCNc1ncc(C)c(N2CCC(NC(C)=O)C2)n1. The molecule has 1 aromatic heterocycles. The third-order valence-electron chi connectivity index (χ3n) is 3.37. The quantitative estimate of drug-likeness (QED) is 0.849. The Hall–Kier alpha value is -1.85. The van der Waals surface area contributed by atoms with Crippen LogP contribution < -0.4 is 15.5 Å². The molecule has 0 bridgehead atoms. The van der Waals surface area contributed by atoms with Gasteiger partial charge in [-0.2, -0.15) is 4.98 Å². The van der Waals surface area contributed by atoms with Crippen LogP contribution in [-0.2, 0) is 4.79 Å². The number of anilines is 2. The van der Waals surface area contributed by atoms with Gasteiger partial charge in [0.15, 0.2) is 0 Å². The molecule has 1 fully saturated rings. The zero-order valence-electron chi connectivity index (χ0n) is 12.4. The number of hydrogen-bond donors (Lipinski definition) is 2. The molecule has 2 rings (SSSR count). The van der Waals surface area contributed by atoms with Crippen molar-refractivity contribution in [1.82, 2.24) is 15.3 Å². The minimum atomic E-state index is 0.0292. The summed E-state index contributed by atoms with van der Waals surface area (Å²) in [6.07, 6.45) is 3.85. The smallest absolute Gasteiger partial charge is 0.224 e. The van der Waals surface area contributed by atoms with Crippen LogP contribution in [0.5, 0.6) is 0 Å². The second-order valence-corrected chi connectivity index (χ2v) is 5.26. The third-order valence-corrected chi connectivity index (χ3v) is 3.37. The summed E-state index contributed by atoms with van der Waals surface area (Å²) < 4.78 is 0. The first-order valence-corrected chi connectivity index (χ1v) is 7.19. The minimum absolute atomic E-state index is 0.0292. The summed E-state index contributed by atoms with van der Waals surface area (Å²) in [5, 5.41) is 6.18. The molecule has 0 aromatic carbocycles. The Morgan fingerprint density at radius 1 is 1.55 bits per heavy atom. The standard InChI is InChI=1S/C14H23N5O/c1-4-6-15-14-16-8-10(2)13(18-14)19-7-5-12(9-19)17-11(3)20/h8,12H,4-7,9H2,1-3H3,(H,17,20)(H,15,16,18). The highest BCUT2D eigenvalue weighted by Gasteiger charge is 2.25. The van der Waals surface area contributed by atoms with Gasteiger partial charge in [0.05, 0.1) is 0 Å². The first-order valence-electron chi connectivity index (χ1n) is 7.19. The normalized spacial score (nSPS) is 18.1. The van der Waals surface area contributed by atoms with Crippen LogP contribution in [0.25, 0.3) is 0 Å². The number of nitrogens with zero attached hydrogens (tertiary/aromatic N) is 3. The number of hydrogen-bond acceptors (Lipinski definition) is 5. The van der Waals surface area contributed by atoms with Crippen LogP contribution in [0.2, 0.25) is 0 Å². The highest BCUT2D eigenvalue weighted by atomic mass is 16.1. The molecule has 2 N–H and O–H groups in total. The van der Waals surface area contributed by atoms with E-state index >= 15 is 0 Å². The maximum Gasteiger partial charge on any atom is 0.224 e. The van der Waals surface area contributed by atoms with Crippen molar-refractivity contribution in [2.45, 2.75) is 39.7 Å². The van der Waals surface area contributed by atoms with E-state index in [1.807, 2.05) is 13.1 Å². The van der Waals surface area contributed by atoms with Gasteiger partial charge in [-0.1, -0.05) is 6.92 Å². The molecule has 6 nitrogen and oxygen atoms in total. The van der Waals surface area contributed by atoms with Crippen molar-refractivity contribution in [3.05, 3.63) is 11.8 Å². The van der Waals surface area contributed by atoms with Gasteiger partial charge in [0.25, 0.3) is 0 Å². The van der Waals surface area contributed by atoms with Gasteiger partial charge in [-0.05, 0) is 19.8 Å². The van der Waals surface area contributed by atoms with Gasteiger partial charge in [0.2, 0.25) is 11.9 Å². The van der Waals surface area contributed by atoms with Crippen molar-refractivity contribution in [2.24, 2.45) is 0 Å². The summed E-state index contributed by atoms with van der Waals surface area (Å²) in [4.78, 5) is 22.2. The lowest BCUT2D eigenvalue weighted by atomic mass is 10.2. The summed E-state index contributed by atoms with van der Waals surface area (Å²) >= 11 is 0. The summed E-state index contributed by atoms with van der Waals surface area (Å²) in [6.45, 7) is 8.29. The highest BCUT2D eigenvalue weighted by Crippen LogP contribution is 2.22. The molecular weight excluding hydrogens is 254 g/mol. The summed E-state index contributed by atoms with van der Waals surface area (Å²) in [6, 6.07) is 0.217. The topological polar surface area (TPSA) is 70.2 Å². The summed E-state index contributed by atoms with van der Waals surface area (Å²) in [7, 11) is 0. The first-order chi connectivity index (χ1) is 9.60. The molecule has 0 saturated carbocycles. The fraction of sp³-hybridized carbons (Fsp3) is 0.643. The van der Waals surface area contributed by atoms with Crippen molar-refractivity contribution in [3.8, 4) is 0 Å². The first kappa shape index (κ1) is 14.6. The van der Waals surface area contributed by atoms with Crippen LogP contribution in [0.4, 0.5) is 11.8 Å². The van der Waals surface area contributed by atoms with Gasteiger partial charge < -0.3 is 15.5 Å². The van der Waals surface area contributed by atoms with E-state index < -0.39 is 0 Å². The van der Waals surface area contributed by atoms with Gasteiger partial charge in [-0.15, -0.1) is 0 Å². The molecule has 1 atom stereocenters. The van der Waals surface area contributed by atoms with Crippen LogP contribution in [0.1, 0.15) is 32.3 Å². The Bertz CT molecular complexity index is 477. The number of carbonyl (C=O) groups excluding carboxylic acids is 1. The van der Waals surface area contributed by atoms with Gasteiger partial charge in [-0.25, -0.2) is 4.98 Å². The second kappa shape index (κ2) is 6.54. The van der Waals surface area contributed by atoms with Crippen LogP contribution >= 0.6 is 0 Å². The molecule has 1 aliphatic heterocycles. The predicted molar refractivity (Wildman–Crippen MR) is 80.0 cm³/mol. The summed E-state index contributed by atoms with van der Waals surface area (Å²) in [5.41, 5.74) is 1.07. The Balaban J connectivity index is 2.06. The zero-order chi connectivity index (χ0) is 14.5. The maximum atomic E-state index is 11.1. The summed E-state index contributed by atoms with van der Waals surface area (Å²) in [5.74, 6) is 1.67. The van der Waals surface area contributed by atoms with Gasteiger partial charge in [-0.3, -0.25) is 4.79 Å². The molecule has 1 saturated heterocycles. The fourth-order valence-corrected chi connectivity index (χ4v) is 2.43. The van der Waals surface area contributed by atoms with E-state index in [4.69, 9.17) is 0 Å². The van der Waals surface area contributed by atoms with Crippen molar-refractivity contribution in [2.75, 3.05) is 29.9 Å². The van der Waals surface area contributed by atoms with Gasteiger partial charge in [0.1, 0.15) is 5.82 Å². The molecule has 1 unspecified atom stereocenters. The number of carbonyl (C=O) groups is 1. The molecule has 1 aliphatic rings. The van der Waals surface area contributed by atoms with Crippen molar-refractivity contribution >= 4 is 17.7 Å². The van der Waals surface area contributed by atoms with Crippen LogP contribution in [0.15, 0.2) is 6.20 Å². The van der Waals surface area contributed by atoms with Crippen molar-refractivity contribution in [3.63, 3.8) is 0 Å². The Labute approximate surface area is 120 Å². The van der Waals surface area contributed by atoms with E-state index in [9.17, 15) is 4.79 Å². The number of nitrogens with one attached hydrogen (secondary N) is 2. The molecule has 0 spiro atoms. The van der Waals surface area contributed by atoms with E-state index in [1.165, 1.54) is 0 Å². The van der Waals surface area contributed by atoms with Crippen LogP contribution in [0.3, 0.4) is 0 Å². The Kier molecular flexibility index (Phi) is 4.76. The largest absolute Gasteiger partial charge is 0.354 e. The fourth-order valence-electron chi connectivity index (χ4n) is 2.43. The minimum Gasteiger partial charge on any atom is -0.354 e. The van der Waals surface area contributed by atoms with Crippen molar-refractivity contribution in [1.29, 1.82) is 0 Å². The Morgan fingerprint density at radius 3 is 3.05 bits per heavy atom. The molecule has 0 radical (unpaired) electrons.